The van der Waals surface area contributed by atoms with Gasteiger partial charge in [0.25, 0.3) is 5.91 Å². The van der Waals surface area contributed by atoms with Crippen molar-refractivity contribution in [3.63, 3.8) is 0 Å². The Kier molecular flexibility index (Phi) is 7.29. The predicted molar refractivity (Wildman–Crippen MR) is 115 cm³/mol. The second-order valence-corrected chi connectivity index (χ2v) is 9.59. The highest BCUT2D eigenvalue weighted by Gasteiger charge is 2.22. The topological polar surface area (TPSA) is 84.5 Å². The number of nitrogens with one attached hydrogen (secondary N) is 2. The van der Waals surface area contributed by atoms with Gasteiger partial charge in [0.05, 0.1) is 25.7 Å². The van der Waals surface area contributed by atoms with Crippen LogP contribution in [-0.2, 0) is 14.8 Å². The van der Waals surface area contributed by atoms with Crippen LogP contribution in [0.4, 0.5) is 5.69 Å². The Morgan fingerprint density at radius 2 is 1.62 bits per heavy atom. The molecule has 2 N–H and O–H groups in total. The van der Waals surface area contributed by atoms with Gasteiger partial charge in [-0.2, -0.15) is 0 Å². The van der Waals surface area contributed by atoms with Crippen molar-refractivity contribution < 1.29 is 17.9 Å². The van der Waals surface area contributed by atoms with E-state index in [1.165, 1.54) is 36.4 Å². The predicted octanol–water partition coefficient (Wildman–Crippen LogP) is 4.89. The van der Waals surface area contributed by atoms with Crippen LogP contribution in [0.15, 0.2) is 41.3 Å². The summed E-state index contributed by atoms with van der Waals surface area (Å²) < 4.78 is 32.9. The molecule has 0 aromatic heterocycles. The van der Waals surface area contributed by atoms with Crippen LogP contribution in [0.3, 0.4) is 0 Å². The molecule has 3 rings (SSSR count). The lowest BCUT2D eigenvalue weighted by Gasteiger charge is -2.13. The molecule has 10 heteroatoms. The zero-order valence-corrected chi connectivity index (χ0v) is 18.3. The van der Waals surface area contributed by atoms with E-state index in [0.29, 0.717) is 11.4 Å². The summed E-state index contributed by atoms with van der Waals surface area (Å²) >= 11 is 17.8. The van der Waals surface area contributed by atoms with Gasteiger partial charge in [0, 0.05) is 6.04 Å². The molecule has 0 unspecified atom stereocenters. The number of carbonyl (C=O) groups is 1. The highest BCUT2D eigenvalue weighted by molar-refractivity contribution is 7.89. The van der Waals surface area contributed by atoms with E-state index in [-0.39, 0.29) is 32.6 Å². The molecule has 1 amide bonds. The Morgan fingerprint density at radius 3 is 2.28 bits per heavy atom. The van der Waals surface area contributed by atoms with E-state index in [1.54, 1.807) is 0 Å². The van der Waals surface area contributed by atoms with Gasteiger partial charge in [0.15, 0.2) is 6.61 Å². The van der Waals surface area contributed by atoms with Crippen molar-refractivity contribution in [2.45, 2.75) is 36.6 Å². The van der Waals surface area contributed by atoms with Crippen LogP contribution in [0.1, 0.15) is 25.7 Å². The molecule has 2 aromatic rings. The molecular weight excluding hydrogens is 459 g/mol. The number of sulfonamides is 1. The molecular formula is C19H19Cl3N2O4S. The smallest absolute Gasteiger partial charge is 0.262 e. The Bertz CT molecular complexity index is 991. The number of anilines is 1. The maximum atomic E-state index is 12.4. The van der Waals surface area contributed by atoms with Crippen LogP contribution in [0.2, 0.25) is 15.1 Å². The van der Waals surface area contributed by atoms with Crippen LogP contribution in [0.5, 0.6) is 5.75 Å². The first-order valence-corrected chi connectivity index (χ1v) is 11.6. The van der Waals surface area contributed by atoms with E-state index in [2.05, 4.69) is 10.0 Å². The zero-order valence-electron chi connectivity index (χ0n) is 15.3. The van der Waals surface area contributed by atoms with Gasteiger partial charge in [-0.1, -0.05) is 47.6 Å². The van der Waals surface area contributed by atoms with Gasteiger partial charge < -0.3 is 10.1 Å². The summed E-state index contributed by atoms with van der Waals surface area (Å²) in [5, 5.41) is 3.37. The average molecular weight is 478 g/mol. The molecule has 0 bridgehead atoms. The maximum Gasteiger partial charge on any atom is 0.262 e. The summed E-state index contributed by atoms with van der Waals surface area (Å²) in [6.45, 7) is -0.289. The van der Waals surface area contributed by atoms with E-state index >= 15 is 0 Å². The second kappa shape index (κ2) is 9.53. The summed E-state index contributed by atoms with van der Waals surface area (Å²) in [7, 11) is -3.57. The number of hydrogen-bond acceptors (Lipinski definition) is 4. The molecule has 2 aromatic carbocycles. The molecule has 29 heavy (non-hydrogen) atoms. The number of halogens is 3. The molecule has 0 saturated heterocycles. The van der Waals surface area contributed by atoms with E-state index in [0.717, 1.165) is 25.7 Å². The van der Waals surface area contributed by atoms with E-state index < -0.39 is 15.9 Å². The number of carbonyl (C=O) groups excluding carboxylic acids is 1. The molecule has 1 aliphatic carbocycles. The zero-order chi connectivity index (χ0) is 21.0. The van der Waals surface area contributed by atoms with E-state index in [9.17, 15) is 13.2 Å². The molecule has 1 fully saturated rings. The summed E-state index contributed by atoms with van der Waals surface area (Å²) in [6.07, 6.45) is 3.79. The Hall–Kier alpha value is -1.51. The minimum Gasteiger partial charge on any atom is -0.484 e. The van der Waals surface area contributed by atoms with Crippen LogP contribution >= 0.6 is 34.8 Å². The number of benzene rings is 2. The number of rotatable bonds is 7. The summed E-state index contributed by atoms with van der Waals surface area (Å²) in [5.41, 5.74) is 0.314. The quantitative estimate of drug-likeness (QED) is 0.556. The molecule has 6 nitrogen and oxygen atoms in total. The van der Waals surface area contributed by atoms with E-state index in [1.807, 2.05) is 0 Å². The van der Waals surface area contributed by atoms with Crippen LogP contribution in [0.25, 0.3) is 0 Å². The molecule has 0 heterocycles. The highest BCUT2D eigenvalue weighted by atomic mass is 35.5. The van der Waals surface area contributed by atoms with Gasteiger partial charge >= 0.3 is 0 Å². The molecule has 1 aliphatic rings. The molecule has 0 spiro atoms. The SMILES string of the molecule is O=C(COc1ccc(S(=O)(=O)NC2CCCC2)cc1)Nc1cc(Cl)c(Cl)cc1Cl. The van der Waals surface area contributed by atoms with Gasteiger partial charge in [-0.15, -0.1) is 0 Å². The lowest BCUT2D eigenvalue weighted by molar-refractivity contribution is -0.118. The second-order valence-electron chi connectivity index (χ2n) is 6.66. The first-order valence-electron chi connectivity index (χ1n) is 8.94. The van der Waals surface area contributed by atoms with Crippen LogP contribution in [0, 0.1) is 0 Å². The first-order chi connectivity index (χ1) is 13.7. The van der Waals surface area contributed by atoms with Crippen molar-refractivity contribution in [2.24, 2.45) is 0 Å². The summed E-state index contributed by atoms with van der Waals surface area (Å²) in [4.78, 5) is 12.2. The Morgan fingerprint density at radius 1 is 1.00 bits per heavy atom. The minimum atomic E-state index is -3.57. The standard InChI is InChI=1S/C19H19Cl3N2O4S/c20-15-9-17(22)18(10-16(15)21)23-19(25)11-28-13-5-7-14(8-6-13)29(26,27)24-12-3-1-2-4-12/h5-10,12,24H,1-4,11H2,(H,23,25). The fourth-order valence-electron chi connectivity index (χ4n) is 3.00. The fraction of sp³-hybridized carbons (Fsp3) is 0.316. The summed E-state index contributed by atoms with van der Waals surface area (Å²) in [6, 6.07) is 8.76. The highest BCUT2D eigenvalue weighted by Crippen LogP contribution is 2.32. The third kappa shape index (κ3) is 5.99. The molecule has 0 radical (unpaired) electrons. The molecule has 156 valence electrons. The van der Waals surface area contributed by atoms with Gasteiger partial charge in [-0.3, -0.25) is 4.79 Å². The molecule has 0 aliphatic heterocycles. The van der Waals surface area contributed by atoms with Crippen molar-refractivity contribution in [2.75, 3.05) is 11.9 Å². The van der Waals surface area contributed by atoms with Crippen LogP contribution < -0.4 is 14.8 Å². The summed E-state index contributed by atoms with van der Waals surface area (Å²) in [5.74, 6) is -0.0925. The van der Waals surface area contributed by atoms with Crippen molar-refractivity contribution >= 4 is 56.4 Å². The van der Waals surface area contributed by atoms with Gasteiger partial charge in [-0.25, -0.2) is 13.1 Å². The maximum absolute atomic E-state index is 12.4. The van der Waals surface area contributed by atoms with E-state index in [4.69, 9.17) is 39.5 Å². The number of amides is 1. The van der Waals surface area contributed by atoms with Crippen molar-refractivity contribution in [3.05, 3.63) is 51.5 Å². The van der Waals surface area contributed by atoms with Gasteiger partial charge in [0.1, 0.15) is 5.75 Å². The normalized spacial score (nSPS) is 14.7. The van der Waals surface area contributed by atoms with Crippen molar-refractivity contribution in [1.82, 2.24) is 4.72 Å². The largest absolute Gasteiger partial charge is 0.484 e. The lowest BCUT2D eigenvalue weighted by Crippen LogP contribution is -2.32. The third-order valence-electron chi connectivity index (χ3n) is 4.47. The number of ether oxygens (including phenoxy) is 1. The molecule has 0 atom stereocenters. The Labute approximate surface area is 184 Å². The van der Waals surface area contributed by atoms with Crippen molar-refractivity contribution in [3.8, 4) is 5.75 Å². The van der Waals surface area contributed by atoms with Crippen molar-refractivity contribution in [1.29, 1.82) is 0 Å². The van der Waals surface area contributed by atoms with Gasteiger partial charge in [0.2, 0.25) is 10.0 Å². The first kappa shape index (κ1) is 22.2. The monoisotopic (exact) mass is 476 g/mol. The van der Waals surface area contributed by atoms with Gasteiger partial charge in [-0.05, 0) is 49.2 Å². The number of hydrogen-bond donors (Lipinski definition) is 2. The molecule has 1 saturated carbocycles. The Balaban J connectivity index is 1.56. The third-order valence-corrected chi connectivity index (χ3v) is 7.04. The lowest BCUT2D eigenvalue weighted by atomic mass is 10.3. The average Bonchev–Trinajstić information content (AvgIpc) is 3.17. The minimum absolute atomic E-state index is 0.00665. The van der Waals surface area contributed by atoms with Crippen LogP contribution in [-0.4, -0.2) is 27.0 Å². The fourth-order valence-corrected chi connectivity index (χ4v) is 4.90.